The van der Waals surface area contributed by atoms with Gasteiger partial charge in [0.25, 0.3) is 5.69 Å². The number of nitro benzene ring substituents is 1. The number of nitro groups is 1. The number of carboxylic acid groups (broad SMARTS) is 1. The first-order valence-electron chi connectivity index (χ1n) is 7.03. The van der Waals surface area contributed by atoms with Gasteiger partial charge in [0.05, 0.1) is 10.5 Å². The van der Waals surface area contributed by atoms with E-state index < -0.39 is 10.9 Å². The first kappa shape index (κ1) is 15.2. The van der Waals surface area contributed by atoms with Crippen molar-refractivity contribution in [3.8, 4) is 0 Å². The fraction of sp³-hybridized carbons (Fsp3) is 0.500. The van der Waals surface area contributed by atoms with Gasteiger partial charge in [0, 0.05) is 18.7 Å². The van der Waals surface area contributed by atoms with Crippen LogP contribution in [0.4, 0.5) is 11.4 Å². The van der Waals surface area contributed by atoms with Gasteiger partial charge in [-0.15, -0.1) is 0 Å². The summed E-state index contributed by atoms with van der Waals surface area (Å²) in [5, 5.41) is 23.3. The highest BCUT2D eigenvalue weighted by molar-refractivity contribution is 5.96. The lowest BCUT2D eigenvalue weighted by Gasteiger charge is -2.23. The second-order valence-corrected chi connectivity index (χ2v) is 5.07. The van der Waals surface area contributed by atoms with E-state index in [4.69, 9.17) is 0 Å². The van der Waals surface area contributed by atoms with E-state index in [1.165, 1.54) is 18.2 Å². The van der Waals surface area contributed by atoms with Crippen molar-refractivity contribution in [1.29, 1.82) is 0 Å². The number of hydrogen-bond donors (Lipinski definition) is 2. The molecular weight excluding hydrogens is 274 g/mol. The summed E-state index contributed by atoms with van der Waals surface area (Å²) in [7, 11) is 0. The number of carbonyl (C=O) groups is 1. The van der Waals surface area contributed by atoms with Crippen LogP contribution in [0.15, 0.2) is 18.2 Å². The molecule has 2 N–H and O–H groups in total. The van der Waals surface area contributed by atoms with Crippen LogP contribution in [-0.2, 0) is 0 Å². The van der Waals surface area contributed by atoms with Crippen molar-refractivity contribution >= 4 is 17.3 Å². The molecule has 0 aliphatic carbocycles. The average Bonchev–Trinajstić information content (AvgIpc) is 2.91. The van der Waals surface area contributed by atoms with Gasteiger partial charge in [0.15, 0.2) is 0 Å². The Morgan fingerprint density at radius 1 is 1.57 bits per heavy atom. The summed E-state index contributed by atoms with van der Waals surface area (Å²) < 4.78 is 0. The van der Waals surface area contributed by atoms with E-state index in [0.29, 0.717) is 6.54 Å². The SMILES string of the molecule is CCN1CCCC1CNc1c(C(=O)O)cccc1[N+](=O)[O-]. The molecule has 1 unspecified atom stereocenters. The van der Waals surface area contributed by atoms with Crippen molar-refractivity contribution in [2.45, 2.75) is 25.8 Å². The van der Waals surface area contributed by atoms with Crippen molar-refractivity contribution in [3.05, 3.63) is 33.9 Å². The fourth-order valence-electron chi connectivity index (χ4n) is 2.82. The molecule has 0 amide bonds. The number of rotatable bonds is 6. The van der Waals surface area contributed by atoms with Crippen molar-refractivity contribution < 1.29 is 14.8 Å². The van der Waals surface area contributed by atoms with E-state index in [1.807, 2.05) is 0 Å². The maximum absolute atomic E-state index is 11.2. The topological polar surface area (TPSA) is 95.7 Å². The van der Waals surface area contributed by atoms with E-state index in [2.05, 4.69) is 17.1 Å². The largest absolute Gasteiger partial charge is 0.478 e. The number of hydrogen-bond acceptors (Lipinski definition) is 5. The van der Waals surface area contributed by atoms with E-state index >= 15 is 0 Å². The van der Waals surface area contributed by atoms with E-state index in [9.17, 15) is 20.0 Å². The first-order valence-corrected chi connectivity index (χ1v) is 7.03. The highest BCUT2D eigenvalue weighted by Gasteiger charge is 2.26. The van der Waals surface area contributed by atoms with Crippen LogP contribution in [0.5, 0.6) is 0 Å². The zero-order valence-electron chi connectivity index (χ0n) is 11.9. The van der Waals surface area contributed by atoms with E-state index in [1.54, 1.807) is 0 Å². The number of anilines is 1. The molecule has 1 aromatic rings. The van der Waals surface area contributed by atoms with Gasteiger partial charge in [-0.1, -0.05) is 13.0 Å². The van der Waals surface area contributed by atoms with Gasteiger partial charge in [-0.3, -0.25) is 15.0 Å². The van der Waals surface area contributed by atoms with Gasteiger partial charge in [-0.25, -0.2) is 4.79 Å². The van der Waals surface area contributed by atoms with Gasteiger partial charge in [-0.2, -0.15) is 0 Å². The number of likely N-dealkylation sites (tertiary alicyclic amines) is 1. The number of benzene rings is 1. The van der Waals surface area contributed by atoms with Gasteiger partial charge in [0.1, 0.15) is 5.69 Å². The Kier molecular flexibility index (Phi) is 4.74. The predicted molar refractivity (Wildman–Crippen MR) is 78.8 cm³/mol. The minimum atomic E-state index is -1.17. The number of likely N-dealkylation sites (N-methyl/N-ethyl adjacent to an activating group) is 1. The molecule has 7 heteroatoms. The predicted octanol–water partition coefficient (Wildman–Crippen LogP) is 2.19. The Morgan fingerprint density at radius 2 is 2.33 bits per heavy atom. The molecule has 1 aliphatic rings. The van der Waals surface area contributed by atoms with Crippen LogP contribution in [0, 0.1) is 10.1 Å². The van der Waals surface area contributed by atoms with Gasteiger partial charge < -0.3 is 10.4 Å². The molecule has 1 aromatic carbocycles. The number of nitrogens with zero attached hydrogens (tertiary/aromatic N) is 2. The van der Waals surface area contributed by atoms with Crippen LogP contribution >= 0.6 is 0 Å². The summed E-state index contributed by atoms with van der Waals surface area (Å²) in [6.07, 6.45) is 2.12. The molecule has 0 aromatic heterocycles. The van der Waals surface area contributed by atoms with Crippen molar-refractivity contribution in [2.24, 2.45) is 0 Å². The molecule has 0 radical (unpaired) electrons. The third-order valence-corrected chi connectivity index (χ3v) is 3.89. The Hall–Kier alpha value is -2.15. The third kappa shape index (κ3) is 3.30. The van der Waals surface area contributed by atoms with Crippen LogP contribution in [0.1, 0.15) is 30.1 Å². The van der Waals surface area contributed by atoms with Gasteiger partial charge in [0.2, 0.25) is 0 Å². The summed E-state index contributed by atoms with van der Waals surface area (Å²) in [4.78, 5) is 24.1. The molecule has 1 aliphatic heterocycles. The lowest BCUT2D eigenvalue weighted by Crippen LogP contribution is -2.35. The molecule has 21 heavy (non-hydrogen) atoms. The smallest absolute Gasteiger partial charge is 0.338 e. The lowest BCUT2D eigenvalue weighted by molar-refractivity contribution is -0.384. The van der Waals surface area contributed by atoms with Crippen molar-refractivity contribution in [3.63, 3.8) is 0 Å². The quantitative estimate of drug-likeness (QED) is 0.616. The van der Waals surface area contributed by atoms with Crippen LogP contribution in [0.3, 0.4) is 0 Å². The molecule has 1 fully saturated rings. The Labute approximate surface area is 122 Å². The highest BCUT2D eigenvalue weighted by atomic mass is 16.6. The fourth-order valence-corrected chi connectivity index (χ4v) is 2.82. The van der Waals surface area contributed by atoms with E-state index in [0.717, 1.165) is 25.9 Å². The molecule has 1 atom stereocenters. The standard InChI is InChI=1S/C14H19N3O4/c1-2-16-8-4-5-10(16)9-15-13-11(14(18)19)6-3-7-12(13)17(20)21/h3,6-7,10,15H,2,4-5,8-9H2,1H3,(H,18,19). The minimum Gasteiger partial charge on any atom is -0.478 e. The number of carboxylic acids is 1. The molecule has 2 rings (SSSR count). The lowest BCUT2D eigenvalue weighted by atomic mass is 10.1. The summed E-state index contributed by atoms with van der Waals surface area (Å²) in [6, 6.07) is 4.38. The molecule has 0 bridgehead atoms. The minimum absolute atomic E-state index is 0.0646. The Balaban J connectivity index is 2.21. The number of para-hydroxylation sites is 1. The van der Waals surface area contributed by atoms with Crippen LogP contribution in [0.2, 0.25) is 0 Å². The maximum atomic E-state index is 11.2. The van der Waals surface area contributed by atoms with Crippen LogP contribution in [-0.4, -0.2) is 46.6 Å². The molecule has 7 nitrogen and oxygen atoms in total. The summed E-state index contributed by atoms with van der Waals surface area (Å²) in [5.41, 5.74) is -0.167. The normalized spacial score (nSPS) is 18.6. The molecule has 1 heterocycles. The Morgan fingerprint density at radius 3 is 2.95 bits per heavy atom. The maximum Gasteiger partial charge on any atom is 0.338 e. The van der Waals surface area contributed by atoms with E-state index in [-0.39, 0.29) is 23.0 Å². The summed E-state index contributed by atoms with van der Waals surface area (Å²) in [5.74, 6) is -1.17. The molecule has 0 spiro atoms. The monoisotopic (exact) mass is 293 g/mol. The zero-order valence-corrected chi connectivity index (χ0v) is 11.9. The molecule has 0 saturated carbocycles. The number of nitrogens with one attached hydrogen (secondary N) is 1. The Bertz CT molecular complexity index is 515. The first-order chi connectivity index (χ1) is 10.0. The van der Waals surface area contributed by atoms with Gasteiger partial charge in [-0.05, 0) is 32.0 Å². The second kappa shape index (κ2) is 6.53. The highest BCUT2D eigenvalue weighted by Crippen LogP contribution is 2.29. The summed E-state index contributed by atoms with van der Waals surface area (Å²) >= 11 is 0. The third-order valence-electron chi connectivity index (χ3n) is 3.89. The number of aromatic carboxylic acids is 1. The molecular formula is C14H19N3O4. The molecule has 114 valence electrons. The molecule has 1 saturated heterocycles. The van der Waals surface area contributed by atoms with Gasteiger partial charge >= 0.3 is 5.97 Å². The average molecular weight is 293 g/mol. The summed E-state index contributed by atoms with van der Waals surface area (Å²) in [6.45, 7) is 4.53. The van der Waals surface area contributed by atoms with Crippen molar-refractivity contribution in [1.82, 2.24) is 4.90 Å². The zero-order chi connectivity index (χ0) is 15.4. The van der Waals surface area contributed by atoms with Crippen LogP contribution in [0.25, 0.3) is 0 Å². The second-order valence-electron chi connectivity index (χ2n) is 5.07. The van der Waals surface area contributed by atoms with Crippen LogP contribution < -0.4 is 5.32 Å². The van der Waals surface area contributed by atoms with Crippen molar-refractivity contribution in [2.75, 3.05) is 25.0 Å².